The molecule has 0 bridgehead atoms. The van der Waals surface area contributed by atoms with Gasteiger partial charge in [0, 0.05) is 24.5 Å². The number of carboxylic acids is 1. The summed E-state index contributed by atoms with van der Waals surface area (Å²) in [6.07, 6.45) is 2.54. The zero-order valence-electron chi connectivity index (χ0n) is 11.1. The van der Waals surface area contributed by atoms with Gasteiger partial charge in [0.25, 0.3) is 10.0 Å². The summed E-state index contributed by atoms with van der Waals surface area (Å²) in [5.41, 5.74) is 0.749. The van der Waals surface area contributed by atoms with Gasteiger partial charge in [0.2, 0.25) is 0 Å². The Hall–Kier alpha value is -1.48. The lowest BCUT2D eigenvalue weighted by molar-refractivity contribution is -0.131. The summed E-state index contributed by atoms with van der Waals surface area (Å²) in [6, 6.07) is 5.06. The van der Waals surface area contributed by atoms with Gasteiger partial charge in [-0.25, -0.2) is 13.2 Å². The van der Waals surface area contributed by atoms with Crippen LogP contribution in [-0.2, 0) is 21.4 Å². The lowest BCUT2D eigenvalue weighted by Gasteiger charge is -2.14. The Morgan fingerprint density at radius 3 is 2.81 bits per heavy atom. The molecule has 0 unspecified atom stereocenters. The van der Waals surface area contributed by atoms with E-state index in [0.29, 0.717) is 4.21 Å². The lowest BCUT2D eigenvalue weighted by Crippen LogP contribution is -2.25. The number of carbonyl (C=O) groups is 1. The van der Waals surface area contributed by atoms with Crippen LogP contribution in [0, 0.1) is 0 Å². The maximum absolute atomic E-state index is 12.3. The van der Waals surface area contributed by atoms with Crippen molar-refractivity contribution in [1.82, 2.24) is 4.31 Å². The minimum absolute atomic E-state index is 0.256. The lowest BCUT2D eigenvalue weighted by atomic mass is 10.3. The van der Waals surface area contributed by atoms with Crippen LogP contribution in [0.15, 0.2) is 39.2 Å². The second-order valence-corrected chi connectivity index (χ2v) is 8.43. The molecule has 5 nitrogen and oxygen atoms in total. The van der Waals surface area contributed by atoms with Crippen LogP contribution < -0.4 is 0 Å². The van der Waals surface area contributed by atoms with E-state index in [0.717, 1.165) is 16.5 Å². The second-order valence-electron chi connectivity index (χ2n) is 4.21. The Morgan fingerprint density at radius 1 is 1.43 bits per heavy atom. The Morgan fingerprint density at radius 2 is 2.19 bits per heavy atom. The van der Waals surface area contributed by atoms with Crippen molar-refractivity contribution in [2.75, 3.05) is 7.05 Å². The fourth-order valence-electron chi connectivity index (χ4n) is 1.60. The molecule has 0 atom stereocenters. The number of rotatable bonds is 6. The van der Waals surface area contributed by atoms with E-state index in [1.165, 1.54) is 40.1 Å². The van der Waals surface area contributed by atoms with Gasteiger partial charge in [-0.05, 0) is 34.5 Å². The molecular weight excluding hydrogens is 330 g/mol. The molecule has 0 saturated heterocycles. The van der Waals surface area contributed by atoms with Crippen LogP contribution in [0.25, 0.3) is 6.08 Å². The maximum atomic E-state index is 12.3. The molecule has 0 spiro atoms. The van der Waals surface area contributed by atoms with Crippen LogP contribution >= 0.6 is 22.7 Å². The van der Waals surface area contributed by atoms with E-state index in [-0.39, 0.29) is 6.54 Å². The summed E-state index contributed by atoms with van der Waals surface area (Å²) in [5.74, 6) is -1.01. The zero-order valence-corrected chi connectivity index (χ0v) is 13.5. The highest BCUT2D eigenvalue weighted by atomic mass is 32.2. The molecule has 8 heteroatoms. The van der Waals surface area contributed by atoms with Crippen molar-refractivity contribution in [2.24, 2.45) is 0 Å². The quantitative estimate of drug-likeness (QED) is 0.819. The van der Waals surface area contributed by atoms with Crippen LogP contribution in [0.3, 0.4) is 0 Å². The first-order valence-corrected chi connectivity index (χ1v) is 9.08. The normalized spacial score (nSPS) is 12.3. The van der Waals surface area contributed by atoms with Crippen LogP contribution in [0.2, 0.25) is 0 Å². The van der Waals surface area contributed by atoms with Crippen molar-refractivity contribution >= 4 is 44.7 Å². The molecule has 0 amide bonds. The highest BCUT2D eigenvalue weighted by molar-refractivity contribution is 7.91. The standard InChI is InChI=1S/C13H13NO4S3/c1-14(21(17,18)13-3-2-6-19-13)8-11-7-10(9-20-11)4-5-12(15)16/h2-7,9H,8H2,1H3,(H,15,16). The van der Waals surface area contributed by atoms with Gasteiger partial charge in [-0.2, -0.15) is 4.31 Å². The minimum atomic E-state index is -3.46. The van der Waals surface area contributed by atoms with Gasteiger partial charge in [-0.15, -0.1) is 22.7 Å². The predicted molar refractivity (Wildman–Crippen MR) is 84.0 cm³/mol. The molecule has 21 heavy (non-hydrogen) atoms. The summed E-state index contributed by atoms with van der Waals surface area (Å²) in [5, 5.41) is 12.1. The molecule has 2 aromatic heterocycles. The van der Waals surface area contributed by atoms with E-state index < -0.39 is 16.0 Å². The van der Waals surface area contributed by atoms with Crippen molar-refractivity contribution in [3.63, 3.8) is 0 Å². The van der Waals surface area contributed by atoms with Crippen molar-refractivity contribution in [3.8, 4) is 0 Å². The first-order valence-electron chi connectivity index (χ1n) is 5.88. The number of sulfonamides is 1. The van der Waals surface area contributed by atoms with Crippen molar-refractivity contribution < 1.29 is 18.3 Å². The van der Waals surface area contributed by atoms with E-state index in [1.807, 2.05) is 0 Å². The number of hydrogen-bond acceptors (Lipinski definition) is 5. The first kappa shape index (κ1) is 15.9. The molecule has 112 valence electrons. The molecule has 2 rings (SSSR count). The fourth-order valence-corrected chi connectivity index (χ4v) is 4.94. The van der Waals surface area contributed by atoms with E-state index in [9.17, 15) is 13.2 Å². The van der Waals surface area contributed by atoms with Crippen molar-refractivity contribution in [2.45, 2.75) is 10.8 Å². The van der Waals surface area contributed by atoms with Crippen LogP contribution in [0.4, 0.5) is 0 Å². The maximum Gasteiger partial charge on any atom is 0.328 e. The van der Waals surface area contributed by atoms with Gasteiger partial charge >= 0.3 is 5.97 Å². The number of aliphatic carboxylic acids is 1. The van der Waals surface area contributed by atoms with Gasteiger partial charge in [-0.3, -0.25) is 0 Å². The first-order chi connectivity index (χ1) is 9.89. The van der Waals surface area contributed by atoms with Gasteiger partial charge in [0.15, 0.2) is 0 Å². The largest absolute Gasteiger partial charge is 0.478 e. The molecular formula is C13H13NO4S3. The van der Waals surface area contributed by atoms with E-state index in [4.69, 9.17) is 5.11 Å². The summed E-state index contributed by atoms with van der Waals surface area (Å²) >= 11 is 2.58. The minimum Gasteiger partial charge on any atom is -0.478 e. The fraction of sp³-hybridized carbons (Fsp3) is 0.154. The Labute approximate surface area is 130 Å². The molecule has 0 aliphatic carbocycles. The number of hydrogen-bond donors (Lipinski definition) is 1. The third-order valence-electron chi connectivity index (χ3n) is 2.63. The second kappa shape index (κ2) is 6.52. The number of carboxylic acid groups (broad SMARTS) is 1. The van der Waals surface area contributed by atoms with E-state index in [1.54, 1.807) is 29.0 Å². The third-order valence-corrected chi connectivity index (χ3v) is 6.75. The van der Waals surface area contributed by atoms with Gasteiger partial charge in [-0.1, -0.05) is 6.07 Å². The molecule has 0 aliphatic rings. The average Bonchev–Trinajstić information content (AvgIpc) is 3.07. The number of thiophene rings is 2. The van der Waals surface area contributed by atoms with E-state index >= 15 is 0 Å². The van der Waals surface area contributed by atoms with Crippen LogP contribution in [0.5, 0.6) is 0 Å². The van der Waals surface area contributed by atoms with Gasteiger partial charge < -0.3 is 5.11 Å². The molecule has 0 aliphatic heterocycles. The smallest absolute Gasteiger partial charge is 0.328 e. The summed E-state index contributed by atoms with van der Waals surface area (Å²) in [4.78, 5) is 11.3. The summed E-state index contributed by atoms with van der Waals surface area (Å²) in [6.45, 7) is 0.256. The van der Waals surface area contributed by atoms with Crippen molar-refractivity contribution in [1.29, 1.82) is 0 Å². The van der Waals surface area contributed by atoms with Crippen molar-refractivity contribution in [3.05, 3.63) is 45.5 Å². The monoisotopic (exact) mass is 343 g/mol. The number of nitrogens with zero attached hydrogens (tertiary/aromatic N) is 1. The van der Waals surface area contributed by atoms with Gasteiger partial charge in [0.05, 0.1) is 0 Å². The molecule has 2 aromatic rings. The molecule has 0 aromatic carbocycles. The average molecular weight is 343 g/mol. The Bertz CT molecular complexity index is 744. The summed E-state index contributed by atoms with van der Waals surface area (Å²) in [7, 11) is -1.93. The molecule has 1 N–H and O–H groups in total. The highest BCUT2D eigenvalue weighted by Gasteiger charge is 2.22. The SMILES string of the molecule is CN(Cc1cc(C=CC(=O)O)cs1)S(=O)(=O)c1cccs1. The molecule has 0 fully saturated rings. The molecule has 0 radical (unpaired) electrons. The molecule has 0 saturated carbocycles. The van der Waals surface area contributed by atoms with Crippen LogP contribution in [-0.4, -0.2) is 30.8 Å². The van der Waals surface area contributed by atoms with Gasteiger partial charge in [0.1, 0.15) is 4.21 Å². The predicted octanol–water partition coefficient (Wildman–Crippen LogP) is 2.73. The summed E-state index contributed by atoms with van der Waals surface area (Å²) < 4.78 is 26.1. The Kier molecular flexibility index (Phi) is 4.94. The Balaban J connectivity index is 2.10. The van der Waals surface area contributed by atoms with E-state index in [2.05, 4.69) is 0 Å². The third kappa shape index (κ3) is 4.01. The molecule has 2 heterocycles. The van der Waals surface area contributed by atoms with Crippen LogP contribution in [0.1, 0.15) is 10.4 Å². The highest BCUT2D eigenvalue weighted by Crippen LogP contribution is 2.23. The zero-order chi connectivity index (χ0) is 15.5. The topological polar surface area (TPSA) is 74.7 Å².